The lowest BCUT2D eigenvalue weighted by atomic mass is 10.2. The second-order valence-electron chi connectivity index (χ2n) is 4.32. The van der Waals surface area contributed by atoms with Gasteiger partial charge in [0.15, 0.2) is 0 Å². The maximum absolute atomic E-state index is 4.48. The Morgan fingerprint density at radius 3 is 2.69 bits per heavy atom. The molecule has 1 heterocycles. The molecular weight excluding hydrogens is 218 g/mol. The highest BCUT2D eigenvalue weighted by atomic mass is 32.2. The van der Waals surface area contributed by atoms with Gasteiger partial charge in [0.2, 0.25) is 0 Å². The highest BCUT2D eigenvalue weighted by Crippen LogP contribution is 2.26. The van der Waals surface area contributed by atoms with Crippen LogP contribution in [0.25, 0.3) is 0 Å². The molecule has 0 aliphatic rings. The maximum Gasteiger partial charge on any atom is 0.128 e. The smallest absolute Gasteiger partial charge is 0.128 e. The first-order chi connectivity index (χ1) is 7.56. The van der Waals surface area contributed by atoms with Crippen molar-refractivity contribution in [3.63, 3.8) is 0 Å². The van der Waals surface area contributed by atoms with Gasteiger partial charge in [0.05, 0.1) is 5.69 Å². The maximum atomic E-state index is 4.48. The number of anilines is 1. The third-order valence-electron chi connectivity index (χ3n) is 2.45. The van der Waals surface area contributed by atoms with Crippen molar-refractivity contribution < 1.29 is 0 Å². The predicted molar refractivity (Wildman–Crippen MR) is 73.2 cm³/mol. The second kappa shape index (κ2) is 6.18. The van der Waals surface area contributed by atoms with Crippen LogP contribution < -0.4 is 5.32 Å². The van der Waals surface area contributed by atoms with Gasteiger partial charge in [0.25, 0.3) is 0 Å². The summed E-state index contributed by atoms with van der Waals surface area (Å²) in [6, 6.07) is 0. The zero-order chi connectivity index (χ0) is 12.1. The van der Waals surface area contributed by atoms with Crippen LogP contribution in [0.5, 0.6) is 0 Å². The van der Waals surface area contributed by atoms with Crippen molar-refractivity contribution in [2.24, 2.45) is 7.05 Å². The van der Waals surface area contributed by atoms with E-state index < -0.39 is 0 Å². The van der Waals surface area contributed by atoms with Crippen molar-refractivity contribution in [2.75, 3.05) is 11.9 Å². The van der Waals surface area contributed by atoms with Crippen molar-refractivity contribution in [2.45, 2.75) is 45.1 Å². The van der Waals surface area contributed by atoms with Gasteiger partial charge in [0, 0.05) is 24.9 Å². The van der Waals surface area contributed by atoms with E-state index >= 15 is 0 Å². The summed E-state index contributed by atoms with van der Waals surface area (Å²) in [5, 5.41) is 8.61. The van der Waals surface area contributed by atoms with E-state index in [4.69, 9.17) is 0 Å². The van der Waals surface area contributed by atoms with E-state index in [1.807, 2.05) is 23.5 Å². The molecule has 0 atom stereocenters. The topological polar surface area (TPSA) is 29.9 Å². The van der Waals surface area contributed by atoms with Crippen LogP contribution >= 0.6 is 11.8 Å². The van der Waals surface area contributed by atoms with Gasteiger partial charge in [-0.3, -0.25) is 4.68 Å². The molecule has 0 aliphatic heterocycles. The van der Waals surface area contributed by atoms with Crippen LogP contribution in [-0.4, -0.2) is 21.6 Å². The molecular formula is C12H23N3S. The molecule has 0 saturated carbocycles. The lowest BCUT2D eigenvalue weighted by molar-refractivity contribution is 0.756. The number of hydrogen-bond acceptors (Lipinski definition) is 3. The lowest BCUT2D eigenvalue weighted by Crippen LogP contribution is -2.07. The van der Waals surface area contributed by atoms with Crippen molar-refractivity contribution in [3.8, 4) is 0 Å². The van der Waals surface area contributed by atoms with Gasteiger partial charge in [-0.2, -0.15) is 16.9 Å². The molecule has 0 spiro atoms. The molecule has 0 unspecified atom stereocenters. The summed E-state index contributed by atoms with van der Waals surface area (Å²) in [5.41, 5.74) is 2.50. The van der Waals surface area contributed by atoms with E-state index in [0.29, 0.717) is 5.25 Å². The van der Waals surface area contributed by atoms with Crippen molar-refractivity contribution >= 4 is 17.6 Å². The molecule has 0 radical (unpaired) electrons. The fraction of sp³-hybridized carbons (Fsp3) is 0.750. The van der Waals surface area contributed by atoms with Gasteiger partial charge < -0.3 is 5.32 Å². The minimum atomic E-state index is 0.665. The number of aryl methyl sites for hydroxylation is 2. The summed E-state index contributed by atoms with van der Waals surface area (Å²) < 4.78 is 1.96. The Morgan fingerprint density at radius 1 is 1.44 bits per heavy atom. The Morgan fingerprint density at radius 2 is 2.12 bits per heavy atom. The first-order valence-electron chi connectivity index (χ1n) is 5.94. The van der Waals surface area contributed by atoms with Gasteiger partial charge in [-0.05, 0) is 18.6 Å². The fourth-order valence-corrected chi connectivity index (χ4v) is 2.43. The fourth-order valence-electron chi connectivity index (χ4n) is 1.59. The van der Waals surface area contributed by atoms with Crippen molar-refractivity contribution in [3.05, 3.63) is 11.3 Å². The predicted octanol–water partition coefficient (Wildman–Crippen LogP) is 3.19. The Kier molecular flexibility index (Phi) is 5.19. The monoisotopic (exact) mass is 241 g/mol. The lowest BCUT2D eigenvalue weighted by Gasteiger charge is -2.09. The van der Waals surface area contributed by atoms with Crippen molar-refractivity contribution in [1.29, 1.82) is 0 Å². The van der Waals surface area contributed by atoms with E-state index in [1.54, 1.807) is 0 Å². The van der Waals surface area contributed by atoms with Gasteiger partial charge in [-0.25, -0.2) is 0 Å². The first kappa shape index (κ1) is 13.4. The highest BCUT2D eigenvalue weighted by molar-refractivity contribution is 7.99. The van der Waals surface area contributed by atoms with E-state index in [9.17, 15) is 0 Å². The van der Waals surface area contributed by atoms with E-state index in [0.717, 1.165) is 24.4 Å². The number of hydrogen-bond donors (Lipinski definition) is 1. The summed E-state index contributed by atoms with van der Waals surface area (Å²) >= 11 is 1.97. The number of rotatable bonds is 6. The van der Waals surface area contributed by atoms with Gasteiger partial charge in [-0.1, -0.05) is 20.8 Å². The number of nitrogens with one attached hydrogen (secondary N) is 1. The van der Waals surface area contributed by atoms with Crippen LogP contribution in [0.3, 0.4) is 0 Å². The molecule has 0 amide bonds. The Labute approximate surface area is 103 Å². The largest absolute Gasteiger partial charge is 0.370 e. The van der Waals surface area contributed by atoms with Crippen LogP contribution in [0, 0.1) is 6.92 Å². The number of nitrogens with zero attached hydrogens (tertiary/aromatic N) is 2. The van der Waals surface area contributed by atoms with E-state index in [2.05, 4.69) is 38.1 Å². The minimum Gasteiger partial charge on any atom is -0.370 e. The minimum absolute atomic E-state index is 0.665. The Hall–Kier alpha value is -0.640. The quantitative estimate of drug-likeness (QED) is 0.829. The normalized spacial score (nSPS) is 11.1. The SMILES string of the molecule is CCCNc1c(CSC(C)C)c(C)nn1C. The molecule has 3 nitrogen and oxygen atoms in total. The van der Waals surface area contributed by atoms with Crippen LogP contribution in [-0.2, 0) is 12.8 Å². The van der Waals surface area contributed by atoms with E-state index in [-0.39, 0.29) is 0 Å². The third-order valence-corrected chi connectivity index (χ3v) is 3.57. The number of aromatic nitrogens is 2. The second-order valence-corrected chi connectivity index (χ2v) is 5.89. The van der Waals surface area contributed by atoms with Crippen LogP contribution in [0.1, 0.15) is 38.4 Å². The molecule has 0 fully saturated rings. The summed E-state index contributed by atoms with van der Waals surface area (Å²) in [7, 11) is 2.01. The summed E-state index contributed by atoms with van der Waals surface area (Å²) in [4.78, 5) is 0. The molecule has 1 aromatic heterocycles. The zero-order valence-electron chi connectivity index (χ0n) is 11.0. The molecule has 4 heteroatoms. The average molecular weight is 241 g/mol. The van der Waals surface area contributed by atoms with Gasteiger partial charge in [0.1, 0.15) is 5.82 Å². The average Bonchev–Trinajstić information content (AvgIpc) is 2.47. The Bertz CT molecular complexity index is 331. The van der Waals surface area contributed by atoms with Crippen molar-refractivity contribution in [1.82, 2.24) is 9.78 Å². The number of thioether (sulfide) groups is 1. The van der Waals surface area contributed by atoms with Gasteiger partial charge in [-0.15, -0.1) is 0 Å². The van der Waals surface area contributed by atoms with E-state index in [1.165, 1.54) is 11.4 Å². The Balaban J connectivity index is 2.78. The summed E-state index contributed by atoms with van der Waals surface area (Å²) in [6.07, 6.45) is 1.14. The van der Waals surface area contributed by atoms with Crippen LogP contribution in [0.4, 0.5) is 5.82 Å². The molecule has 0 aliphatic carbocycles. The van der Waals surface area contributed by atoms with Gasteiger partial charge >= 0.3 is 0 Å². The molecule has 1 aromatic rings. The van der Waals surface area contributed by atoms with Crippen LogP contribution in [0.2, 0.25) is 0 Å². The first-order valence-corrected chi connectivity index (χ1v) is 6.99. The molecule has 0 aromatic carbocycles. The molecule has 0 bridgehead atoms. The zero-order valence-corrected chi connectivity index (χ0v) is 11.8. The highest BCUT2D eigenvalue weighted by Gasteiger charge is 2.12. The molecule has 1 N–H and O–H groups in total. The summed E-state index contributed by atoms with van der Waals surface area (Å²) in [6.45, 7) is 9.75. The molecule has 0 saturated heterocycles. The molecule has 1 rings (SSSR count). The standard InChI is InChI=1S/C12H23N3S/c1-6-7-13-12-11(8-16-9(2)3)10(4)14-15(12)5/h9,13H,6-8H2,1-5H3. The summed E-state index contributed by atoms with van der Waals surface area (Å²) in [5.74, 6) is 2.23. The molecule has 16 heavy (non-hydrogen) atoms. The third kappa shape index (κ3) is 3.44. The van der Waals surface area contributed by atoms with Crippen LogP contribution in [0.15, 0.2) is 0 Å². The molecule has 92 valence electrons.